The normalized spacial score (nSPS) is 10.4. The Morgan fingerprint density at radius 2 is 1.35 bits per heavy atom. The van der Waals surface area contributed by atoms with Gasteiger partial charge in [0.15, 0.2) is 0 Å². The first kappa shape index (κ1) is 13.2. The van der Waals surface area contributed by atoms with Crippen molar-refractivity contribution in [2.24, 2.45) is 0 Å². The van der Waals surface area contributed by atoms with Crippen molar-refractivity contribution in [2.45, 2.75) is 0 Å². The number of hydrogen-bond donors (Lipinski definition) is 1. The van der Waals surface area contributed by atoms with Crippen LogP contribution in [0.1, 0.15) is 0 Å². The second-order valence-electron chi connectivity index (χ2n) is 4.58. The molecule has 2 heteroatoms. The molecule has 1 nitrogen and oxygen atoms in total. The molecule has 0 atom stereocenters. The molecule has 0 bridgehead atoms. The average molecular weight is 372 g/mol. The third-order valence-electron chi connectivity index (χ3n) is 3.27. The first-order valence-corrected chi connectivity index (χ1v) is 7.47. The topological polar surface area (TPSA) is 20.2 Å². The van der Waals surface area contributed by atoms with E-state index in [2.05, 4.69) is 52.9 Å². The third kappa shape index (κ3) is 2.56. The Bertz CT molecular complexity index is 735. The minimum Gasteiger partial charge on any atom is -0.507 e. The number of para-hydroxylation sites is 1. The number of benzene rings is 3. The summed E-state index contributed by atoms with van der Waals surface area (Å²) in [4.78, 5) is 0. The van der Waals surface area contributed by atoms with Gasteiger partial charge in [0.25, 0.3) is 0 Å². The van der Waals surface area contributed by atoms with Crippen LogP contribution < -0.4 is 0 Å². The van der Waals surface area contributed by atoms with Crippen LogP contribution in [0.5, 0.6) is 5.75 Å². The number of hydrogen-bond acceptors (Lipinski definition) is 1. The molecule has 0 aliphatic heterocycles. The van der Waals surface area contributed by atoms with Crippen LogP contribution in [0.2, 0.25) is 0 Å². The van der Waals surface area contributed by atoms with Gasteiger partial charge in [-0.1, -0.05) is 60.7 Å². The van der Waals surface area contributed by atoms with E-state index >= 15 is 0 Å². The van der Waals surface area contributed by atoms with E-state index in [4.69, 9.17) is 0 Å². The molecule has 0 aliphatic carbocycles. The van der Waals surface area contributed by atoms with Gasteiger partial charge >= 0.3 is 0 Å². The van der Waals surface area contributed by atoms with Gasteiger partial charge in [0.05, 0.1) is 0 Å². The van der Waals surface area contributed by atoms with Gasteiger partial charge in [-0.25, -0.2) is 0 Å². The number of aromatic hydroxyl groups is 1. The predicted molar refractivity (Wildman–Crippen MR) is 91.7 cm³/mol. The van der Waals surface area contributed by atoms with E-state index in [-0.39, 0.29) is 0 Å². The van der Waals surface area contributed by atoms with Gasteiger partial charge in [-0.05, 0) is 51.4 Å². The maximum absolute atomic E-state index is 9.97. The van der Waals surface area contributed by atoms with Crippen molar-refractivity contribution in [1.29, 1.82) is 0 Å². The molecule has 0 unspecified atom stereocenters. The molecule has 0 radical (unpaired) electrons. The molecule has 0 heterocycles. The van der Waals surface area contributed by atoms with Gasteiger partial charge in [-0.2, -0.15) is 0 Å². The molecular formula is C18H13IO. The Kier molecular flexibility index (Phi) is 3.74. The van der Waals surface area contributed by atoms with Crippen molar-refractivity contribution >= 4 is 22.6 Å². The summed E-state index contributed by atoms with van der Waals surface area (Å²) in [6.07, 6.45) is 0. The third-order valence-corrected chi connectivity index (χ3v) is 4.16. The monoisotopic (exact) mass is 372 g/mol. The number of rotatable bonds is 2. The van der Waals surface area contributed by atoms with Crippen molar-refractivity contribution in [3.05, 3.63) is 76.4 Å². The summed E-state index contributed by atoms with van der Waals surface area (Å²) in [5.41, 5.74) is 4.32. The molecule has 3 aromatic carbocycles. The van der Waals surface area contributed by atoms with Gasteiger partial charge < -0.3 is 5.11 Å². The maximum atomic E-state index is 9.97. The molecule has 0 spiro atoms. The fraction of sp³-hybridized carbons (Fsp3) is 0. The number of phenols is 1. The van der Waals surface area contributed by atoms with Crippen molar-refractivity contribution in [3.8, 4) is 28.0 Å². The SMILES string of the molecule is Oc1ccccc1-c1ccc(-c2ccccc2)cc1I. The van der Waals surface area contributed by atoms with Crippen LogP contribution in [-0.4, -0.2) is 5.11 Å². The summed E-state index contributed by atoms with van der Waals surface area (Å²) >= 11 is 2.32. The first-order valence-electron chi connectivity index (χ1n) is 6.39. The molecule has 98 valence electrons. The summed E-state index contributed by atoms with van der Waals surface area (Å²) in [7, 11) is 0. The molecular weight excluding hydrogens is 359 g/mol. The lowest BCUT2D eigenvalue weighted by Crippen LogP contribution is -1.86. The summed E-state index contributed by atoms with van der Waals surface area (Å²) in [5.74, 6) is 0.317. The van der Waals surface area contributed by atoms with E-state index in [0.29, 0.717) is 5.75 Å². The summed E-state index contributed by atoms with van der Waals surface area (Å²) in [6.45, 7) is 0. The van der Waals surface area contributed by atoms with E-state index in [1.54, 1.807) is 6.07 Å². The molecule has 0 fully saturated rings. The minimum absolute atomic E-state index is 0.317. The number of phenolic OH excluding ortho intramolecular Hbond substituents is 1. The lowest BCUT2D eigenvalue weighted by molar-refractivity contribution is 0.477. The minimum atomic E-state index is 0.317. The van der Waals surface area contributed by atoms with Crippen LogP contribution in [-0.2, 0) is 0 Å². The van der Waals surface area contributed by atoms with Crippen LogP contribution in [0.15, 0.2) is 72.8 Å². The van der Waals surface area contributed by atoms with Gasteiger partial charge in [-0.3, -0.25) is 0 Å². The van der Waals surface area contributed by atoms with E-state index in [1.165, 1.54) is 11.1 Å². The van der Waals surface area contributed by atoms with Crippen molar-refractivity contribution < 1.29 is 5.11 Å². The van der Waals surface area contributed by atoms with Crippen LogP contribution in [0.25, 0.3) is 22.3 Å². The van der Waals surface area contributed by atoms with E-state index in [0.717, 1.165) is 14.7 Å². The second-order valence-corrected chi connectivity index (χ2v) is 5.74. The summed E-state index contributed by atoms with van der Waals surface area (Å²) in [6, 6.07) is 24.1. The van der Waals surface area contributed by atoms with Gasteiger partial charge in [0, 0.05) is 9.13 Å². The fourth-order valence-electron chi connectivity index (χ4n) is 2.25. The van der Waals surface area contributed by atoms with Crippen molar-refractivity contribution in [3.63, 3.8) is 0 Å². The van der Waals surface area contributed by atoms with Gasteiger partial charge in [-0.15, -0.1) is 0 Å². The molecule has 3 aromatic rings. The highest BCUT2D eigenvalue weighted by Crippen LogP contribution is 2.34. The maximum Gasteiger partial charge on any atom is 0.123 e. The standard InChI is InChI=1S/C18H13IO/c19-17-12-14(13-6-2-1-3-7-13)10-11-15(17)16-8-4-5-9-18(16)20/h1-12,20H. The highest BCUT2D eigenvalue weighted by molar-refractivity contribution is 14.1. The fourth-order valence-corrected chi connectivity index (χ4v) is 3.05. The van der Waals surface area contributed by atoms with Crippen molar-refractivity contribution in [2.75, 3.05) is 0 Å². The zero-order valence-corrected chi connectivity index (χ0v) is 12.9. The molecule has 0 amide bonds. The summed E-state index contributed by atoms with van der Waals surface area (Å²) in [5, 5.41) is 9.97. The van der Waals surface area contributed by atoms with Gasteiger partial charge in [0.2, 0.25) is 0 Å². The molecule has 20 heavy (non-hydrogen) atoms. The average Bonchev–Trinajstić information content (AvgIpc) is 2.49. The van der Waals surface area contributed by atoms with E-state index < -0.39 is 0 Å². The van der Waals surface area contributed by atoms with Crippen LogP contribution in [0.4, 0.5) is 0 Å². The largest absolute Gasteiger partial charge is 0.507 e. The highest BCUT2D eigenvalue weighted by Gasteiger charge is 2.08. The lowest BCUT2D eigenvalue weighted by Gasteiger charge is -2.09. The zero-order valence-electron chi connectivity index (χ0n) is 10.8. The van der Waals surface area contributed by atoms with Gasteiger partial charge in [0.1, 0.15) is 5.75 Å². The second kappa shape index (κ2) is 5.67. The Hall–Kier alpha value is -1.81. The predicted octanol–water partition coefficient (Wildman–Crippen LogP) is 5.33. The Morgan fingerprint density at radius 3 is 2.05 bits per heavy atom. The summed E-state index contributed by atoms with van der Waals surface area (Å²) < 4.78 is 1.13. The molecule has 0 saturated carbocycles. The molecule has 1 N–H and O–H groups in total. The molecule has 0 aliphatic rings. The Balaban J connectivity index is 2.07. The van der Waals surface area contributed by atoms with E-state index in [1.807, 2.05) is 36.4 Å². The first-order chi connectivity index (χ1) is 9.75. The Labute approximate surface area is 132 Å². The van der Waals surface area contributed by atoms with Crippen LogP contribution in [0, 0.1) is 3.57 Å². The smallest absolute Gasteiger partial charge is 0.123 e. The Morgan fingerprint density at radius 1 is 0.650 bits per heavy atom. The quantitative estimate of drug-likeness (QED) is 0.603. The van der Waals surface area contributed by atoms with Crippen LogP contribution in [0.3, 0.4) is 0 Å². The van der Waals surface area contributed by atoms with Crippen molar-refractivity contribution in [1.82, 2.24) is 0 Å². The lowest BCUT2D eigenvalue weighted by atomic mass is 10.00. The number of halogens is 1. The molecule has 0 saturated heterocycles. The van der Waals surface area contributed by atoms with Crippen LogP contribution >= 0.6 is 22.6 Å². The zero-order chi connectivity index (χ0) is 13.9. The van der Waals surface area contributed by atoms with E-state index in [9.17, 15) is 5.11 Å². The molecule has 3 rings (SSSR count). The molecule has 0 aromatic heterocycles. The highest BCUT2D eigenvalue weighted by atomic mass is 127.